The summed E-state index contributed by atoms with van der Waals surface area (Å²) in [5, 5.41) is 12.7. The molecule has 0 unspecified atom stereocenters. The molecule has 7 nitrogen and oxygen atoms in total. The Morgan fingerprint density at radius 2 is 2.07 bits per heavy atom. The number of benzene rings is 2. The van der Waals surface area contributed by atoms with Crippen LogP contribution in [-0.2, 0) is 6.54 Å². The number of hydrazone groups is 1. The lowest BCUT2D eigenvalue weighted by molar-refractivity contribution is 0.0955. The van der Waals surface area contributed by atoms with Gasteiger partial charge in [-0.2, -0.15) is 10.4 Å². The van der Waals surface area contributed by atoms with Crippen molar-refractivity contribution in [2.75, 3.05) is 18.5 Å². The van der Waals surface area contributed by atoms with Crippen LogP contribution in [0, 0.1) is 18.3 Å². The summed E-state index contributed by atoms with van der Waals surface area (Å²) in [6.45, 7) is 5.55. The average molecular weight is 388 g/mol. The molecule has 0 aliphatic heterocycles. The number of nitrogens with zero attached hydrogens (tertiary/aromatic N) is 5. The molecule has 1 N–H and O–H groups in total. The van der Waals surface area contributed by atoms with Gasteiger partial charge in [-0.1, -0.05) is 12.1 Å². The van der Waals surface area contributed by atoms with Gasteiger partial charge in [0.2, 0.25) is 0 Å². The van der Waals surface area contributed by atoms with Crippen molar-refractivity contribution in [3.63, 3.8) is 0 Å². The lowest BCUT2D eigenvalue weighted by atomic mass is 10.2. The van der Waals surface area contributed by atoms with Crippen LogP contribution < -0.4 is 10.3 Å². The summed E-state index contributed by atoms with van der Waals surface area (Å²) in [6.07, 6.45) is 2.08. The molecule has 3 aromatic rings. The maximum Gasteiger partial charge on any atom is 0.271 e. The van der Waals surface area contributed by atoms with E-state index in [-0.39, 0.29) is 5.91 Å². The highest BCUT2D eigenvalue weighted by atomic mass is 16.2. The van der Waals surface area contributed by atoms with E-state index in [0.717, 1.165) is 34.7 Å². The van der Waals surface area contributed by atoms with E-state index in [1.807, 2.05) is 49.2 Å². The second kappa shape index (κ2) is 9.02. The summed E-state index contributed by atoms with van der Waals surface area (Å²) in [4.78, 5) is 18.9. The molecule has 0 spiro atoms. The molecule has 0 aliphatic carbocycles. The molecular formula is C22H24N6O. The molecule has 1 aromatic heterocycles. The first-order chi connectivity index (χ1) is 14.0. The van der Waals surface area contributed by atoms with Crippen LogP contribution in [0.1, 0.15) is 35.1 Å². The molecule has 1 amide bonds. The quantitative estimate of drug-likeness (QED) is 0.496. The molecule has 2 aromatic carbocycles. The van der Waals surface area contributed by atoms with Gasteiger partial charge in [0.1, 0.15) is 5.82 Å². The molecule has 0 saturated carbocycles. The molecule has 0 saturated heterocycles. The Labute approximate surface area is 170 Å². The molecule has 1 heterocycles. The number of amides is 1. The summed E-state index contributed by atoms with van der Waals surface area (Å²) < 4.78 is 2.11. The minimum absolute atomic E-state index is 0.278. The van der Waals surface area contributed by atoms with Crippen LogP contribution in [0.4, 0.5) is 5.69 Å². The smallest absolute Gasteiger partial charge is 0.271 e. The number of anilines is 1. The second-order valence-electron chi connectivity index (χ2n) is 6.73. The predicted octanol–water partition coefficient (Wildman–Crippen LogP) is 3.48. The number of hydrogen-bond acceptors (Lipinski definition) is 5. The van der Waals surface area contributed by atoms with Gasteiger partial charge in [0, 0.05) is 31.4 Å². The topological polar surface area (TPSA) is 86.3 Å². The Hall–Kier alpha value is -3.66. The maximum absolute atomic E-state index is 12.4. The van der Waals surface area contributed by atoms with Crippen LogP contribution in [0.15, 0.2) is 47.6 Å². The molecule has 0 bridgehead atoms. The molecular weight excluding hydrogens is 364 g/mol. The second-order valence-corrected chi connectivity index (χ2v) is 6.73. The number of nitrogens with one attached hydrogen (secondary N) is 1. The SMILES string of the molecule is CCn1c(C)nc2cc(C(=O)N/N=C\c3ccc(N(C)CCC#N)cc3)ccc21. The Kier molecular flexibility index (Phi) is 6.25. The van der Waals surface area contributed by atoms with Crippen molar-refractivity contribution in [3.05, 3.63) is 59.4 Å². The fraction of sp³-hybridized carbons (Fsp3) is 0.273. The van der Waals surface area contributed by atoms with E-state index in [0.29, 0.717) is 18.5 Å². The molecule has 0 aliphatic rings. The number of hydrogen-bond donors (Lipinski definition) is 1. The number of rotatable bonds is 7. The molecule has 7 heteroatoms. The first-order valence-electron chi connectivity index (χ1n) is 9.52. The summed E-state index contributed by atoms with van der Waals surface area (Å²) in [5.74, 6) is 0.652. The number of nitriles is 1. The van der Waals surface area contributed by atoms with E-state index in [1.54, 1.807) is 18.3 Å². The monoisotopic (exact) mass is 388 g/mol. The van der Waals surface area contributed by atoms with E-state index < -0.39 is 0 Å². The van der Waals surface area contributed by atoms with Crippen LogP contribution in [0.5, 0.6) is 0 Å². The van der Waals surface area contributed by atoms with Gasteiger partial charge in [0.05, 0.1) is 29.7 Å². The molecule has 0 fully saturated rings. The number of imidazole rings is 1. The molecule has 29 heavy (non-hydrogen) atoms. The number of carbonyl (C=O) groups excluding carboxylic acids is 1. The van der Waals surface area contributed by atoms with E-state index in [4.69, 9.17) is 5.26 Å². The Morgan fingerprint density at radius 1 is 1.31 bits per heavy atom. The largest absolute Gasteiger partial charge is 0.374 e. The highest BCUT2D eigenvalue weighted by Gasteiger charge is 2.10. The Bertz CT molecular complexity index is 1080. The molecule has 0 atom stereocenters. The lowest BCUT2D eigenvalue weighted by Crippen LogP contribution is -2.18. The fourth-order valence-corrected chi connectivity index (χ4v) is 3.18. The molecule has 3 rings (SSSR count). The van der Waals surface area contributed by atoms with Gasteiger partial charge in [-0.15, -0.1) is 0 Å². The third-order valence-electron chi connectivity index (χ3n) is 4.79. The van der Waals surface area contributed by atoms with Crippen LogP contribution >= 0.6 is 0 Å². The Balaban J connectivity index is 1.63. The third-order valence-corrected chi connectivity index (χ3v) is 4.79. The van der Waals surface area contributed by atoms with Gasteiger partial charge in [-0.05, 0) is 49.7 Å². The standard InChI is InChI=1S/C22H24N6O/c1-4-28-16(2)25-20-14-18(8-11-21(20)28)22(29)26-24-15-17-6-9-19(10-7-17)27(3)13-5-12-23/h6-11,14-15H,4-5,13H2,1-3H3,(H,26,29)/b24-15-. The van der Waals surface area contributed by atoms with Crippen molar-refractivity contribution >= 4 is 28.8 Å². The summed E-state index contributed by atoms with van der Waals surface area (Å²) >= 11 is 0. The lowest BCUT2D eigenvalue weighted by Gasteiger charge is -2.17. The average Bonchev–Trinajstić information content (AvgIpc) is 3.06. The van der Waals surface area contributed by atoms with Crippen LogP contribution in [0.3, 0.4) is 0 Å². The molecule has 148 valence electrons. The number of aromatic nitrogens is 2. The first-order valence-corrected chi connectivity index (χ1v) is 9.52. The van der Waals surface area contributed by atoms with Gasteiger partial charge in [-0.3, -0.25) is 4.79 Å². The number of carbonyl (C=O) groups is 1. The predicted molar refractivity (Wildman–Crippen MR) is 115 cm³/mol. The number of aryl methyl sites for hydroxylation is 2. The molecule has 0 radical (unpaired) electrons. The highest BCUT2D eigenvalue weighted by Crippen LogP contribution is 2.18. The number of fused-ring (bicyclic) bond motifs is 1. The van der Waals surface area contributed by atoms with Gasteiger partial charge < -0.3 is 9.47 Å². The van der Waals surface area contributed by atoms with E-state index in [1.165, 1.54) is 0 Å². The van der Waals surface area contributed by atoms with Gasteiger partial charge >= 0.3 is 0 Å². The highest BCUT2D eigenvalue weighted by molar-refractivity contribution is 5.98. The van der Waals surface area contributed by atoms with Crippen molar-refractivity contribution in [1.29, 1.82) is 5.26 Å². The zero-order valence-corrected chi connectivity index (χ0v) is 16.9. The minimum Gasteiger partial charge on any atom is -0.374 e. The van der Waals surface area contributed by atoms with Gasteiger partial charge in [0.15, 0.2) is 0 Å². The fourth-order valence-electron chi connectivity index (χ4n) is 3.18. The van der Waals surface area contributed by atoms with Crippen molar-refractivity contribution in [1.82, 2.24) is 15.0 Å². The normalized spacial score (nSPS) is 11.0. The van der Waals surface area contributed by atoms with Gasteiger partial charge in [-0.25, -0.2) is 10.4 Å². The van der Waals surface area contributed by atoms with Crippen molar-refractivity contribution in [3.8, 4) is 6.07 Å². The van der Waals surface area contributed by atoms with E-state index in [9.17, 15) is 4.79 Å². The first kappa shape index (κ1) is 20.1. The van der Waals surface area contributed by atoms with Crippen LogP contribution in [0.2, 0.25) is 0 Å². The van der Waals surface area contributed by atoms with Crippen molar-refractivity contribution < 1.29 is 4.79 Å². The Morgan fingerprint density at radius 3 is 2.76 bits per heavy atom. The van der Waals surface area contributed by atoms with E-state index >= 15 is 0 Å². The van der Waals surface area contributed by atoms with Gasteiger partial charge in [0.25, 0.3) is 5.91 Å². The summed E-state index contributed by atoms with van der Waals surface area (Å²) in [5.41, 5.74) is 6.80. The zero-order valence-electron chi connectivity index (χ0n) is 16.9. The zero-order chi connectivity index (χ0) is 20.8. The third kappa shape index (κ3) is 4.61. The van der Waals surface area contributed by atoms with Crippen LogP contribution in [0.25, 0.3) is 11.0 Å². The van der Waals surface area contributed by atoms with Crippen molar-refractivity contribution in [2.24, 2.45) is 5.10 Å². The van der Waals surface area contributed by atoms with Crippen LogP contribution in [-0.4, -0.2) is 35.3 Å². The summed E-state index contributed by atoms with van der Waals surface area (Å²) in [7, 11) is 1.95. The van der Waals surface area contributed by atoms with Crippen molar-refractivity contribution in [2.45, 2.75) is 26.8 Å². The van der Waals surface area contributed by atoms with E-state index in [2.05, 4.69) is 33.1 Å². The maximum atomic E-state index is 12.4. The summed E-state index contributed by atoms with van der Waals surface area (Å²) in [6, 6.07) is 15.4. The minimum atomic E-state index is -0.278.